The Bertz CT molecular complexity index is 3150. The van der Waals surface area contributed by atoms with Crippen molar-refractivity contribution in [1.82, 2.24) is 14.5 Å². The minimum atomic E-state index is 0.672. The predicted octanol–water partition coefficient (Wildman–Crippen LogP) is 12.7. The molecule has 0 N–H and O–H groups in total. The zero-order chi connectivity index (χ0) is 32.8. The smallest absolute Gasteiger partial charge is 0.235 e. The van der Waals surface area contributed by atoms with Gasteiger partial charge in [-0.1, -0.05) is 127 Å². The second-order valence-corrected chi connectivity index (χ2v) is 14.0. The van der Waals surface area contributed by atoms with Crippen LogP contribution in [-0.2, 0) is 0 Å². The average Bonchev–Trinajstić information content (AvgIpc) is 3.72. The normalized spacial score (nSPS) is 12.0. The number of aromatic nitrogens is 3. The van der Waals surface area contributed by atoms with Gasteiger partial charge in [0.2, 0.25) is 5.95 Å². The Kier molecular flexibility index (Phi) is 5.83. The second-order valence-electron chi connectivity index (χ2n) is 13.0. The third-order valence-corrected chi connectivity index (χ3v) is 11.4. The zero-order valence-electron chi connectivity index (χ0n) is 26.8. The molecule has 0 radical (unpaired) electrons. The van der Waals surface area contributed by atoms with Gasteiger partial charge in [-0.25, -0.2) is 9.97 Å². The molecule has 0 amide bonds. The quantitative estimate of drug-likeness (QED) is 0.190. The maximum absolute atomic E-state index is 5.51. The van der Waals surface area contributed by atoms with E-state index in [9.17, 15) is 0 Å². The van der Waals surface area contributed by atoms with Crippen molar-refractivity contribution in [1.29, 1.82) is 0 Å². The van der Waals surface area contributed by atoms with Gasteiger partial charge >= 0.3 is 0 Å². The van der Waals surface area contributed by atoms with Crippen LogP contribution in [0.1, 0.15) is 0 Å². The van der Waals surface area contributed by atoms with Gasteiger partial charge in [-0.05, 0) is 69.1 Å². The van der Waals surface area contributed by atoms with Gasteiger partial charge in [0, 0.05) is 41.9 Å². The number of thiophene rings is 1. The number of hydrogen-bond acceptors (Lipinski definition) is 3. The summed E-state index contributed by atoms with van der Waals surface area (Å²) in [5.41, 5.74) is 7.57. The molecule has 0 bridgehead atoms. The van der Waals surface area contributed by atoms with E-state index in [1.807, 2.05) is 11.3 Å². The fourth-order valence-electron chi connectivity index (χ4n) is 7.86. The molecule has 3 heterocycles. The Morgan fingerprint density at radius 1 is 0.440 bits per heavy atom. The molecule has 0 aliphatic rings. The Balaban J connectivity index is 1.22. The Labute approximate surface area is 291 Å². The van der Waals surface area contributed by atoms with Gasteiger partial charge in [0.1, 0.15) is 0 Å². The van der Waals surface area contributed by atoms with Gasteiger partial charge in [0.05, 0.1) is 22.2 Å². The number of benzene rings is 8. The second kappa shape index (κ2) is 10.6. The lowest BCUT2D eigenvalue weighted by Crippen LogP contribution is -2.03. The van der Waals surface area contributed by atoms with Crippen molar-refractivity contribution in [3.05, 3.63) is 164 Å². The van der Waals surface area contributed by atoms with Crippen molar-refractivity contribution in [2.75, 3.05) is 0 Å². The van der Waals surface area contributed by atoms with Crippen LogP contribution in [-0.4, -0.2) is 14.5 Å². The predicted molar refractivity (Wildman–Crippen MR) is 213 cm³/mol. The van der Waals surface area contributed by atoms with Gasteiger partial charge in [-0.2, -0.15) is 0 Å². The third kappa shape index (κ3) is 4.03. The van der Waals surface area contributed by atoms with Gasteiger partial charge in [-0.3, -0.25) is 4.57 Å². The molecule has 232 valence electrons. The number of fused-ring (bicyclic) bond motifs is 10. The van der Waals surface area contributed by atoms with E-state index >= 15 is 0 Å². The molecule has 0 saturated carbocycles. The molecule has 50 heavy (non-hydrogen) atoms. The van der Waals surface area contributed by atoms with Crippen molar-refractivity contribution in [2.24, 2.45) is 0 Å². The maximum Gasteiger partial charge on any atom is 0.235 e. The van der Waals surface area contributed by atoms with E-state index in [0.29, 0.717) is 5.95 Å². The molecular formula is C46H27N3S. The van der Waals surface area contributed by atoms with Crippen molar-refractivity contribution < 1.29 is 0 Å². The standard InChI is InChI=1S/C46H27N3S/c1-2-11-28(12-3-1)32-22-23-40-38(26-32)43-33-16-7-6-13-29(33)21-24-41(43)49(40)46-47-39-20-9-8-17-35(39)44(48-46)36-19-10-18-34-37-25-30-14-4-5-15-31(30)27-42(37)50-45(34)36/h1-27H. The van der Waals surface area contributed by atoms with Crippen molar-refractivity contribution >= 4 is 85.8 Å². The molecule has 3 nitrogen and oxygen atoms in total. The SMILES string of the molecule is c1ccc(-c2ccc3c(c2)c2c4ccccc4ccc2n3-c2nc(-c3cccc4c3sc3cc5ccccc5cc34)c3ccccc3n2)cc1. The summed E-state index contributed by atoms with van der Waals surface area (Å²) in [5.74, 6) is 0.672. The lowest BCUT2D eigenvalue weighted by atomic mass is 10.0. The number of hydrogen-bond donors (Lipinski definition) is 0. The monoisotopic (exact) mass is 653 g/mol. The molecule has 0 saturated heterocycles. The van der Waals surface area contributed by atoms with E-state index in [-0.39, 0.29) is 0 Å². The van der Waals surface area contributed by atoms with E-state index in [2.05, 4.69) is 168 Å². The summed E-state index contributed by atoms with van der Waals surface area (Å²) in [5, 5.41) is 11.0. The van der Waals surface area contributed by atoms with Crippen LogP contribution >= 0.6 is 11.3 Å². The van der Waals surface area contributed by atoms with E-state index in [4.69, 9.17) is 9.97 Å². The highest BCUT2D eigenvalue weighted by Crippen LogP contribution is 2.43. The molecule has 3 aromatic heterocycles. The van der Waals surface area contributed by atoms with Crippen LogP contribution in [0.15, 0.2) is 164 Å². The fraction of sp³-hybridized carbons (Fsp3) is 0. The first-order valence-electron chi connectivity index (χ1n) is 16.9. The fourth-order valence-corrected chi connectivity index (χ4v) is 9.10. The lowest BCUT2D eigenvalue weighted by Gasteiger charge is -2.12. The highest BCUT2D eigenvalue weighted by Gasteiger charge is 2.21. The van der Waals surface area contributed by atoms with E-state index in [1.54, 1.807) is 0 Å². The summed E-state index contributed by atoms with van der Waals surface area (Å²) in [6, 6.07) is 58.9. The van der Waals surface area contributed by atoms with E-state index < -0.39 is 0 Å². The molecule has 0 spiro atoms. The van der Waals surface area contributed by atoms with Crippen LogP contribution in [0.4, 0.5) is 0 Å². The Morgan fingerprint density at radius 3 is 2.04 bits per heavy atom. The lowest BCUT2D eigenvalue weighted by molar-refractivity contribution is 1.01. The third-order valence-electron chi connectivity index (χ3n) is 10.2. The molecule has 0 unspecified atom stereocenters. The molecule has 11 rings (SSSR count). The summed E-state index contributed by atoms with van der Waals surface area (Å²) in [7, 11) is 0. The van der Waals surface area contributed by atoms with Crippen LogP contribution in [0.2, 0.25) is 0 Å². The van der Waals surface area contributed by atoms with Crippen molar-refractivity contribution in [3.63, 3.8) is 0 Å². The topological polar surface area (TPSA) is 30.7 Å². The molecule has 0 fully saturated rings. The summed E-state index contributed by atoms with van der Waals surface area (Å²) in [6.07, 6.45) is 0. The molecular weight excluding hydrogens is 627 g/mol. The first-order valence-corrected chi connectivity index (χ1v) is 17.7. The Hall–Kier alpha value is -6.36. The van der Waals surface area contributed by atoms with Crippen LogP contribution < -0.4 is 0 Å². The van der Waals surface area contributed by atoms with Crippen LogP contribution in [0, 0.1) is 0 Å². The minimum Gasteiger partial charge on any atom is -0.278 e. The largest absolute Gasteiger partial charge is 0.278 e. The molecule has 4 heteroatoms. The van der Waals surface area contributed by atoms with Crippen molar-refractivity contribution in [2.45, 2.75) is 0 Å². The van der Waals surface area contributed by atoms with Crippen LogP contribution in [0.3, 0.4) is 0 Å². The first kappa shape index (κ1) is 27.6. The maximum atomic E-state index is 5.51. The van der Waals surface area contributed by atoms with E-state index in [0.717, 1.165) is 33.2 Å². The van der Waals surface area contributed by atoms with Gasteiger partial charge in [0.25, 0.3) is 0 Å². The Morgan fingerprint density at radius 2 is 1.16 bits per heavy atom. The number of para-hydroxylation sites is 1. The molecule has 11 aromatic rings. The number of rotatable bonds is 3. The van der Waals surface area contributed by atoms with Crippen molar-refractivity contribution in [3.8, 4) is 28.3 Å². The average molecular weight is 654 g/mol. The summed E-state index contributed by atoms with van der Waals surface area (Å²) < 4.78 is 4.79. The minimum absolute atomic E-state index is 0.672. The van der Waals surface area contributed by atoms with Gasteiger partial charge in [-0.15, -0.1) is 11.3 Å². The molecule has 0 atom stereocenters. The van der Waals surface area contributed by atoms with Gasteiger partial charge < -0.3 is 0 Å². The highest BCUT2D eigenvalue weighted by molar-refractivity contribution is 7.26. The van der Waals surface area contributed by atoms with E-state index in [1.165, 1.54) is 63.6 Å². The van der Waals surface area contributed by atoms with Gasteiger partial charge in [0.15, 0.2) is 0 Å². The number of nitrogens with zero attached hydrogens (tertiary/aromatic N) is 3. The summed E-state index contributed by atoms with van der Waals surface area (Å²) in [6.45, 7) is 0. The van der Waals surface area contributed by atoms with Crippen LogP contribution in [0.5, 0.6) is 0 Å². The molecule has 0 aliphatic heterocycles. The molecule has 8 aromatic carbocycles. The first-order chi connectivity index (χ1) is 24.8. The highest BCUT2D eigenvalue weighted by atomic mass is 32.1. The summed E-state index contributed by atoms with van der Waals surface area (Å²) >= 11 is 1.85. The summed E-state index contributed by atoms with van der Waals surface area (Å²) in [4.78, 5) is 10.8. The molecule has 0 aliphatic carbocycles. The zero-order valence-corrected chi connectivity index (χ0v) is 27.7. The van der Waals surface area contributed by atoms with Crippen LogP contribution in [0.25, 0.3) is 103 Å².